The number of unbranched alkanes of at least 4 members (excludes halogenated alkanes) is 2. The van der Waals surface area contributed by atoms with Crippen LogP contribution in [0.1, 0.15) is 81.6 Å². The van der Waals surface area contributed by atoms with Gasteiger partial charge < -0.3 is 9.64 Å². The predicted molar refractivity (Wildman–Crippen MR) is 146 cm³/mol. The summed E-state index contributed by atoms with van der Waals surface area (Å²) >= 11 is 0. The molecule has 2 amide bonds. The van der Waals surface area contributed by atoms with Crippen molar-refractivity contribution in [2.45, 2.75) is 71.3 Å². The maximum absolute atomic E-state index is 13.0. The van der Waals surface area contributed by atoms with E-state index in [1.54, 1.807) is 63.5 Å². The van der Waals surface area contributed by atoms with Crippen LogP contribution in [0, 0.1) is 5.92 Å². The Morgan fingerprint density at radius 2 is 1.86 bits per heavy atom. The maximum atomic E-state index is 13.0. The van der Waals surface area contributed by atoms with E-state index in [2.05, 4.69) is 10.3 Å². The van der Waals surface area contributed by atoms with Crippen molar-refractivity contribution < 1.29 is 19.1 Å². The third-order valence-corrected chi connectivity index (χ3v) is 6.34. The highest BCUT2D eigenvalue weighted by atomic mass is 16.6. The molecule has 0 saturated carbocycles. The summed E-state index contributed by atoms with van der Waals surface area (Å²) in [6.07, 6.45) is 13.1. The number of rotatable bonds is 10. The molecule has 1 N–H and O–H groups in total. The van der Waals surface area contributed by atoms with Crippen LogP contribution in [0.25, 0.3) is 6.08 Å². The number of ketones is 1. The fourth-order valence-corrected chi connectivity index (χ4v) is 4.41. The number of pyridine rings is 1. The van der Waals surface area contributed by atoms with E-state index < -0.39 is 11.7 Å². The Kier molecular flexibility index (Phi) is 10.4. The second kappa shape index (κ2) is 13.7. The minimum absolute atomic E-state index is 0.0101. The van der Waals surface area contributed by atoms with Crippen molar-refractivity contribution in [2.75, 3.05) is 18.4 Å². The molecular formula is C30H39N3O4. The summed E-state index contributed by atoms with van der Waals surface area (Å²) in [4.78, 5) is 43.1. The Morgan fingerprint density at radius 1 is 1.08 bits per heavy atom. The molecule has 0 atom stereocenters. The molecule has 3 rings (SSSR count). The van der Waals surface area contributed by atoms with Crippen molar-refractivity contribution in [1.82, 2.24) is 9.88 Å². The molecule has 1 saturated heterocycles. The van der Waals surface area contributed by atoms with Crippen LogP contribution in [0.4, 0.5) is 10.5 Å². The van der Waals surface area contributed by atoms with Gasteiger partial charge >= 0.3 is 6.09 Å². The van der Waals surface area contributed by atoms with Crippen molar-refractivity contribution >= 4 is 29.5 Å². The number of nitrogens with one attached hydrogen (secondary N) is 1. The van der Waals surface area contributed by atoms with Crippen LogP contribution in [0.2, 0.25) is 0 Å². The predicted octanol–water partition coefficient (Wildman–Crippen LogP) is 6.51. The molecule has 0 bridgehead atoms. The van der Waals surface area contributed by atoms with E-state index in [1.807, 2.05) is 23.1 Å². The lowest BCUT2D eigenvalue weighted by Gasteiger charge is -2.32. The number of hydrogen-bond acceptors (Lipinski definition) is 5. The highest BCUT2D eigenvalue weighted by molar-refractivity contribution is 5.96. The molecule has 2 heterocycles. The lowest BCUT2D eigenvalue weighted by atomic mass is 9.90. The zero-order valence-corrected chi connectivity index (χ0v) is 22.2. The molecule has 7 heteroatoms. The molecule has 1 aliphatic rings. The number of benzene rings is 1. The molecule has 1 aliphatic heterocycles. The van der Waals surface area contributed by atoms with Gasteiger partial charge in [-0.15, -0.1) is 0 Å². The quantitative estimate of drug-likeness (QED) is 0.294. The van der Waals surface area contributed by atoms with E-state index in [0.717, 1.165) is 57.2 Å². The van der Waals surface area contributed by atoms with Gasteiger partial charge in [0.2, 0.25) is 0 Å². The summed E-state index contributed by atoms with van der Waals surface area (Å²) in [6, 6.07) is 10.8. The first-order valence-corrected chi connectivity index (χ1v) is 13.2. The van der Waals surface area contributed by atoms with Crippen molar-refractivity contribution in [3.8, 4) is 0 Å². The van der Waals surface area contributed by atoms with Crippen LogP contribution in [0.5, 0.6) is 0 Å². The Bertz CT molecular complexity index is 1070. The summed E-state index contributed by atoms with van der Waals surface area (Å²) in [5, 5.41) is 2.70. The fraction of sp³-hybridized carbons (Fsp3) is 0.467. The fourth-order valence-electron chi connectivity index (χ4n) is 4.41. The summed E-state index contributed by atoms with van der Waals surface area (Å²) < 4.78 is 5.29. The second-order valence-electron chi connectivity index (χ2n) is 10.6. The molecule has 2 aromatic rings. The van der Waals surface area contributed by atoms with E-state index in [0.29, 0.717) is 23.6 Å². The molecule has 198 valence electrons. The van der Waals surface area contributed by atoms with Crippen LogP contribution in [-0.2, 0) is 9.53 Å². The molecular weight excluding hydrogens is 466 g/mol. The molecule has 37 heavy (non-hydrogen) atoms. The Morgan fingerprint density at radius 3 is 2.57 bits per heavy atom. The zero-order valence-electron chi connectivity index (χ0n) is 22.2. The number of amides is 2. The third kappa shape index (κ3) is 10.2. The number of piperidine rings is 1. The molecule has 0 spiro atoms. The highest BCUT2D eigenvalue weighted by Gasteiger charge is 2.24. The average molecular weight is 506 g/mol. The first-order chi connectivity index (χ1) is 17.7. The lowest BCUT2D eigenvalue weighted by Crippen LogP contribution is -2.38. The Hall–Kier alpha value is -3.48. The summed E-state index contributed by atoms with van der Waals surface area (Å²) in [5.74, 6) is 0.760. The first-order valence-electron chi connectivity index (χ1n) is 13.2. The molecule has 0 radical (unpaired) electrons. The van der Waals surface area contributed by atoms with Crippen molar-refractivity contribution in [1.29, 1.82) is 0 Å². The number of nitrogens with zero attached hydrogens (tertiary/aromatic N) is 2. The Labute approximate surface area is 220 Å². The number of carbonyl (C=O) groups excluding carboxylic acids is 3. The van der Waals surface area contributed by atoms with Crippen molar-refractivity contribution in [3.63, 3.8) is 0 Å². The number of aromatic nitrogens is 1. The SMILES string of the molecule is CC(C)(C)OC(=O)Nc1cccc(C(=O)N2CCC(CCCCCC(=O)/C=C/c3cccnc3)CC2)c1. The maximum Gasteiger partial charge on any atom is 0.412 e. The van der Waals surface area contributed by atoms with Gasteiger partial charge in [0.1, 0.15) is 5.60 Å². The van der Waals surface area contributed by atoms with Crippen LogP contribution in [-0.4, -0.2) is 46.4 Å². The summed E-state index contributed by atoms with van der Waals surface area (Å²) in [5.41, 5.74) is 1.46. The minimum atomic E-state index is -0.586. The van der Waals surface area contributed by atoms with Gasteiger partial charge in [0.05, 0.1) is 0 Å². The molecule has 0 aliphatic carbocycles. The minimum Gasteiger partial charge on any atom is -0.444 e. The highest BCUT2D eigenvalue weighted by Crippen LogP contribution is 2.25. The van der Waals surface area contributed by atoms with Gasteiger partial charge in [0.25, 0.3) is 5.91 Å². The zero-order chi connectivity index (χ0) is 26.7. The third-order valence-electron chi connectivity index (χ3n) is 6.34. The van der Waals surface area contributed by atoms with Gasteiger partial charge in [0, 0.05) is 43.2 Å². The lowest BCUT2D eigenvalue weighted by molar-refractivity contribution is -0.114. The molecule has 1 aromatic carbocycles. The van der Waals surface area contributed by atoms with E-state index in [4.69, 9.17) is 4.74 Å². The van der Waals surface area contributed by atoms with Gasteiger partial charge in [-0.1, -0.05) is 31.4 Å². The van der Waals surface area contributed by atoms with Crippen molar-refractivity contribution in [3.05, 3.63) is 66.0 Å². The molecule has 1 fully saturated rings. The molecule has 0 unspecified atom stereocenters. The number of allylic oxidation sites excluding steroid dienone is 1. The van der Waals surface area contributed by atoms with E-state index >= 15 is 0 Å². The monoisotopic (exact) mass is 505 g/mol. The number of ether oxygens (including phenoxy) is 1. The standard InChI is InChI=1S/C30H39N3O4/c1-30(2,3)37-29(36)32-26-12-7-11-25(21-26)28(35)33-19-16-23(17-20-33)9-5-4-6-13-27(34)15-14-24-10-8-18-31-22-24/h7-8,10-12,14-15,18,21-23H,4-6,9,13,16-17,19-20H2,1-3H3,(H,32,36)/b15-14+. The van der Waals surface area contributed by atoms with E-state index in [-0.39, 0.29) is 11.7 Å². The van der Waals surface area contributed by atoms with Crippen LogP contribution in [0.3, 0.4) is 0 Å². The second-order valence-corrected chi connectivity index (χ2v) is 10.6. The number of hydrogen-bond donors (Lipinski definition) is 1. The van der Waals surface area contributed by atoms with Crippen LogP contribution >= 0.6 is 0 Å². The Balaban J connectivity index is 1.33. The van der Waals surface area contributed by atoms with E-state index in [1.165, 1.54) is 0 Å². The number of likely N-dealkylation sites (tertiary alicyclic amines) is 1. The number of carbonyl (C=O) groups is 3. The van der Waals surface area contributed by atoms with Crippen molar-refractivity contribution in [2.24, 2.45) is 5.92 Å². The normalized spacial score (nSPS) is 14.5. The molecule has 1 aromatic heterocycles. The summed E-state index contributed by atoms with van der Waals surface area (Å²) in [6.45, 7) is 6.90. The van der Waals surface area contributed by atoms with E-state index in [9.17, 15) is 14.4 Å². The summed E-state index contributed by atoms with van der Waals surface area (Å²) in [7, 11) is 0. The van der Waals surface area contributed by atoms with Gasteiger partial charge in [0.15, 0.2) is 5.78 Å². The molecule has 7 nitrogen and oxygen atoms in total. The van der Waals surface area contributed by atoms with Gasteiger partial charge in [-0.25, -0.2) is 4.79 Å². The first kappa shape index (κ1) is 28.1. The largest absolute Gasteiger partial charge is 0.444 e. The van der Waals surface area contributed by atoms with Gasteiger partial charge in [-0.3, -0.25) is 19.9 Å². The average Bonchev–Trinajstić information content (AvgIpc) is 2.87. The number of anilines is 1. The topological polar surface area (TPSA) is 88.6 Å². The smallest absolute Gasteiger partial charge is 0.412 e. The van der Waals surface area contributed by atoms with Crippen LogP contribution < -0.4 is 5.32 Å². The van der Waals surface area contributed by atoms with Crippen LogP contribution in [0.15, 0.2) is 54.9 Å². The van der Waals surface area contributed by atoms with Gasteiger partial charge in [-0.2, -0.15) is 0 Å². The van der Waals surface area contributed by atoms with Gasteiger partial charge in [-0.05, 0) is 87.9 Å².